The van der Waals surface area contributed by atoms with E-state index >= 15 is 0 Å². The Labute approximate surface area is 87.0 Å². The Morgan fingerprint density at radius 3 is 2.77 bits per heavy atom. The summed E-state index contributed by atoms with van der Waals surface area (Å²) in [5.74, 6) is 0.872. The molecule has 1 aromatic carbocycles. The van der Waals surface area contributed by atoms with Gasteiger partial charge >= 0.3 is 0 Å². The van der Waals surface area contributed by atoms with E-state index in [1.165, 1.54) is 0 Å². The van der Waals surface area contributed by atoms with Crippen molar-refractivity contribution in [3.8, 4) is 5.75 Å². The summed E-state index contributed by atoms with van der Waals surface area (Å²) in [6.07, 6.45) is 0. The molecule has 2 nitrogen and oxygen atoms in total. The number of hydrogen-bond acceptors (Lipinski definition) is 2. The maximum atomic E-state index is 5.39. The molecule has 0 saturated heterocycles. The summed E-state index contributed by atoms with van der Waals surface area (Å²) in [4.78, 5) is 0. The van der Waals surface area contributed by atoms with Crippen LogP contribution < -0.4 is 4.74 Å². The van der Waals surface area contributed by atoms with E-state index in [-0.39, 0.29) is 0 Å². The van der Waals surface area contributed by atoms with Crippen LogP contribution in [0.25, 0.3) is 0 Å². The zero-order valence-corrected chi connectivity index (χ0v) is 9.43. The van der Waals surface area contributed by atoms with Crippen LogP contribution in [0.4, 0.5) is 0 Å². The van der Waals surface area contributed by atoms with Crippen LogP contribution in [0.1, 0.15) is 12.5 Å². The minimum absolute atomic E-state index is 0.318. The molecule has 3 heteroatoms. The van der Waals surface area contributed by atoms with Gasteiger partial charge in [0.05, 0.1) is 0 Å². The molecule has 0 aliphatic heterocycles. The van der Waals surface area contributed by atoms with Crippen LogP contribution in [0.3, 0.4) is 0 Å². The van der Waals surface area contributed by atoms with Crippen LogP contribution in [0.15, 0.2) is 22.7 Å². The minimum atomic E-state index is 0.318. The highest BCUT2D eigenvalue weighted by molar-refractivity contribution is 9.10. The first-order valence-corrected chi connectivity index (χ1v) is 5.00. The van der Waals surface area contributed by atoms with Gasteiger partial charge in [0.25, 0.3) is 0 Å². The van der Waals surface area contributed by atoms with Gasteiger partial charge in [0, 0.05) is 11.1 Å². The van der Waals surface area contributed by atoms with E-state index in [2.05, 4.69) is 15.9 Å². The van der Waals surface area contributed by atoms with Gasteiger partial charge in [-0.3, -0.25) is 0 Å². The quantitative estimate of drug-likeness (QED) is 0.599. The van der Waals surface area contributed by atoms with Gasteiger partial charge in [0.2, 0.25) is 0 Å². The highest BCUT2D eigenvalue weighted by Crippen LogP contribution is 2.21. The molecule has 0 aliphatic rings. The molecule has 0 heterocycles. The standard InChI is InChI=1S/C10H13BrO2/c1-3-12-7-13-10-5-4-9(11)6-8(10)2/h4-6H,3,7H2,1-2H3. The average Bonchev–Trinajstić information content (AvgIpc) is 2.09. The predicted octanol–water partition coefficient (Wildman–Crippen LogP) is 3.13. The second-order valence-electron chi connectivity index (χ2n) is 2.66. The molecule has 0 radical (unpaired) electrons. The molecule has 0 amide bonds. The third kappa shape index (κ3) is 3.36. The lowest BCUT2D eigenvalue weighted by atomic mass is 10.2. The number of hydrogen-bond donors (Lipinski definition) is 0. The molecule has 72 valence electrons. The molecule has 0 unspecified atom stereocenters. The van der Waals surface area contributed by atoms with E-state index in [1.807, 2.05) is 32.0 Å². The first-order chi connectivity index (χ1) is 6.24. The number of benzene rings is 1. The van der Waals surface area contributed by atoms with Gasteiger partial charge < -0.3 is 9.47 Å². The fraction of sp³-hybridized carbons (Fsp3) is 0.400. The van der Waals surface area contributed by atoms with Crippen LogP contribution in [0.2, 0.25) is 0 Å². The Morgan fingerprint density at radius 1 is 1.38 bits per heavy atom. The summed E-state index contributed by atoms with van der Waals surface area (Å²) in [5, 5.41) is 0. The summed E-state index contributed by atoms with van der Waals surface area (Å²) in [6.45, 7) is 4.94. The first-order valence-electron chi connectivity index (χ1n) is 4.20. The highest BCUT2D eigenvalue weighted by atomic mass is 79.9. The molecule has 0 atom stereocenters. The number of aryl methyl sites for hydroxylation is 1. The van der Waals surface area contributed by atoms with E-state index in [9.17, 15) is 0 Å². The Balaban J connectivity index is 2.56. The van der Waals surface area contributed by atoms with Crippen molar-refractivity contribution >= 4 is 15.9 Å². The third-order valence-electron chi connectivity index (χ3n) is 1.64. The third-order valence-corrected chi connectivity index (χ3v) is 2.13. The van der Waals surface area contributed by atoms with Crippen molar-refractivity contribution < 1.29 is 9.47 Å². The number of ether oxygens (including phenoxy) is 2. The maximum absolute atomic E-state index is 5.39. The minimum Gasteiger partial charge on any atom is -0.467 e. The van der Waals surface area contributed by atoms with Gasteiger partial charge in [-0.1, -0.05) is 15.9 Å². The summed E-state index contributed by atoms with van der Waals surface area (Å²) in [7, 11) is 0. The lowest BCUT2D eigenvalue weighted by molar-refractivity contribution is 0.0220. The maximum Gasteiger partial charge on any atom is 0.189 e. The summed E-state index contributed by atoms with van der Waals surface area (Å²) in [6, 6.07) is 5.90. The Morgan fingerprint density at radius 2 is 2.15 bits per heavy atom. The topological polar surface area (TPSA) is 18.5 Å². The fourth-order valence-corrected chi connectivity index (χ4v) is 1.44. The van der Waals surface area contributed by atoms with E-state index < -0.39 is 0 Å². The zero-order chi connectivity index (χ0) is 9.68. The molecule has 0 fully saturated rings. The molecule has 0 aromatic heterocycles. The van der Waals surface area contributed by atoms with Crippen LogP contribution in [-0.4, -0.2) is 13.4 Å². The van der Waals surface area contributed by atoms with Gasteiger partial charge in [-0.05, 0) is 37.6 Å². The van der Waals surface area contributed by atoms with Gasteiger partial charge in [-0.25, -0.2) is 0 Å². The van der Waals surface area contributed by atoms with Gasteiger partial charge in [0.15, 0.2) is 6.79 Å². The molecule has 0 aliphatic carbocycles. The normalized spacial score (nSPS) is 10.1. The Hall–Kier alpha value is -0.540. The van der Waals surface area contributed by atoms with Crippen LogP contribution in [0, 0.1) is 6.92 Å². The summed E-state index contributed by atoms with van der Waals surface area (Å²) < 4.78 is 11.5. The second kappa shape index (κ2) is 5.25. The van der Waals surface area contributed by atoms with E-state index in [1.54, 1.807) is 0 Å². The second-order valence-corrected chi connectivity index (χ2v) is 3.58. The molecular formula is C10H13BrO2. The molecule has 1 rings (SSSR count). The Bertz CT molecular complexity index is 274. The average molecular weight is 245 g/mol. The zero-order valence-electron chi connectivity index (χ0n) is 7.84. The van der Waals surface area contributed by atoms with Gasteiger partial charge in [0.1, 0.15) is 5.75 Å². The molecule has 0 spiro atoms. The van der Waals surface area contributed by atoms with Crippen molar-refractivity contribution in [3.05, 3.63) is 28.2 Å². The smallest absolute Gasteiger partial charge is 0.189 e. The van der Waals surface area contributed by atoms with Crippen molar-refractivity contribution in [2.45, 2.75) is 13.8 Å². The number of halogens is 1. The summed E-state index contributed by atoms with van der Waals surface area (Å²) in [5.41, 5.74) is 1.11. The van der Waals surface area contributed by atoms with Crippen LogP contribution in [-0.2, 0) is 4.74 Å². The molecule has 13 heavy (non-hydrogen) atoms. The SMILES string of the molecule is CCOCOc1ccc(Br)cc1C. The van der Waals surface area contributed by atoms with Gasteiger partial charge in [-0.15, -0.1) is 0 Å². The van der Waals surface area contributed by atoms with Crippen LogP contribution in [0.5, 0.6) is 5.75 Å². The lowest BCUT2D eigenvalue weighted by Crippen LogP contribution is -2.02. The highest BCUT2D eigenvalue weighted by Gasteiger charge is 1.98. The molecule has 0 saturated carbocycles. The van der Waals surface area contributed by atoms with Gasteiger partial charge in [-0.2, -0.15) is 0 Å². The van der Waals surface area contributed by atoms with Crippen molar-refractivity contribution in [1.82, 2.24) is 0 Å². The van der Waals surface area contributed by atoms with E-state index in [0.29, 0.717) is 13.4 Å². The summed E-state index contributed by atoms with van der Waals surface area (Å²) >= 11 is 3.39. The van der Waals surface area contributed by atoms with Crippen molar-refractivity contribution in [1.29, 1.82) is 0 Å². The van der Waals surface area contributed by atoms with Crippen molar-refractivity contribution in [2.75, 3.05) is 13.4 Å². The predicted molar refractivity (Wildman–Crippen MR) is 56.0 cm³/mol. The Kier molecular flexibility index (Phi) is 4.25. The number of rotatable bonds is 4. The first kappa shape index (κ1) is 10.5. The monoisotopic (exact) mass is 244 g/mol. The largest absolute Gasteiger partial charge is 0.467 e. The molecule has 0 bridgehead atoms. The van der Waals surface area contributed by atoms with E-state index in [0.717, 1.165) is 15.8 Å². The molecule has 0 N–H and O–H groups in total. The van der Waals surface area contributed by atoms with E-state index in [4.69, 9.17) is 9.47 Å². The fourth-order valence-electron chi connectivity index (χ4n) is 0.963. The lowest BCUT2D eigenvalue weighted by Gasteiger charge is -2.08. The van der Waals surface area contributed by atoms with Crippen LogP contribution >= 0.6 is 15.9 Å². The molecule has 1 aromatic rings. The van der Waals surface area contributed by atoms with Crippen molar-refractivity contribution in [2.24, 2.45) is 0 Å². The molecular weight excluding hydrogens is 232 g/mol. The van der Waals surface area contributed by atoms with Crippen molar-refractivity contribution in [3.63, 3.8) is 0 Å².